The third-order valence-corrected chi connectivity index (χ3v) is 6.75. The molecule has 0 saturated carbocycles. The van der Waals surface area contributed by atoms with Gasteiger partial charge in [0.1, 0.15) is 10.8 Å². The second-order valence-corrected chi connectivity index (χ2v) is 9.14. The van der Waals surface area contributed by atoms with E-state index in [4.69, 9.17) is 15.2 Å². The van der Waals surface area contributed by atoms with Crippen LogP contribution in [-0.4, -0.2) is 43.3 Å². The summed E-state index contributed by atoms with van der Waals surface area (Å²) in [5.74, 6) is 0.995. The highest BCUT2D eigenvalue weighted by molar-refractivity contribution is 7.20. The van der Waals surface area contributed by atoms with Crippen molar-refractivity contribution in [3.63, 3.8) is 0 Å². The van der Waals surface area contributed by atoms with Gasteiger partial charge in [0.15, 0.2) is 5.75 Å². The summed E-state index contributed by atoms with van der Waals surface area (Å²) in [6.07, 6.45) is 1.14. The summed E-state index contributed by atoms with van der Waals surface area (Å²) in [6.45, 7) is 2.70. The van der Waals surface area contributed by atoms with Gasteiger partial charge >= 0.3 is 12.1 Å². The quantitative estimate of drug-likeness (QED) is 0.456. The van der Waals surface area contributed by atoms with Crippen LogP contribution in [0.4, 0.5) is 14.6 Å². The van der Waals surface area contributed by atoms with Crippen LogP contribution in [0.15, 0.2) is 60.7 Å². The zero-order valence-corrected chi connectivity index (χ0v) is 19.8. The molecule has 0 spiro atoms. The lowest BCUT2D eigenvalue weighted by Crippen LogP contribution is -2.45. The maximum atomic E-state index is 12.6. The summed E-state index contributed by atoms with van der Waals surface area (Å²) >= 11 is 1.28. The van der Waals surface area contributed by atoms with Gasteiger partial charge in [-0.1, -0.05) is 30.3 Å². The number of ether oxygens (including phenoxy) is 2. The van der Waals surface area contributed by atoms with Crippen LogP contribution in [0.2, 0.25) is 0 Å². The zero-order chi connectivity index (χ0) is 23.9. The number of anilines is 1. The van der Waals surface area contributed by atoms with E-state index in [0.29, 0.717) is 5.00 Å². The molecule has 3 aromatic rings. The molecule has 178 valence electrons. The fourth-order valence-corrected chi connectivity index (χ4v) is 4.91. The first-order chi connectivity index (χ1) is 16.5. The first kappa shape index (κ1) is 23.6. The molecule has 1 saturated heterocycles. The van der Waals surface area contributed by atoms with E-state index in [1.54, 1.807) is 13.2 Å². The number of likely N-dealkylation sites (tertiary alicyclic amines) is 1. The first-order valence-electron chi connectivity index (χ1n) is 11.1. The van der Waals surface area contributed by atoms with Crippen LogP contribution in [0.1, 0.15) is 18.4 Å². The standard InChI is InChI=1S/C25H28N4O4S/c1-32-20-9-7-18(8-10-20)22-15-21(23(34-22)28-24(26)30)33-25(31)27-19-11-13-29(14-12-19)16-17-5-3-2-4-6-17/h2-10,15,19H,11-14,16H2,1H3,(H,27,31)(H3,26,28,30). The van der Waals surface area contributed by atoms with E-state index in [9.17, 15) is 9.59 Å². The molecule has 2 aromatic carbocycles. The molecule has 0 atom stereocenters. The number of hydrogen-bond donors (Lipinski definition) is 3. The number of benzene rings is 2. The van der Waals surface area contributed by atoms with Crippen molar-refractivity contribution in [1.82, 2.24) is 10.2 Å². The van der Waals surface area contributed by atoms with E-state index in [-0.39, 0.29) is 11.8 Å². The number of thiophene rings is 1. The van der Waals surface area contributed by atoms with Crippen molar-refractivity contribution in [2.45, 2.75) is 25.4 Å². The van der Waals surface area contributed by atoms with Gasteiger partial charge in [-0.25, -0.2) is 9.59 Å². The lowest BCUT2D eigenvalue weighted by Gasteiger charge is -2.32. The highest BCUT2D eigenvalue weighted by Crippen LogP contribution is 2.41. The average molecular weight is 481 g/mol. The summed E-state index contributed by atoms with van der Waals surface area (Å²) in [4.78, 5) is 27.3. The highest BCUT2D eigenvalue weighted by Gasteiger charge is 2.23. The van der Waals surface area contributed by atoms with Crippen LogP contribution in [0, 0.1) is 0 Å². The number of rotatable bonds is 7. The van der Waals surface area contributed by atoms with Crippen LogP contribution < -0.4 is 25.8 Å². The molecule has 0 unspecified atom stereocenters. The number of methoxy groups -OCH3 is 1. The number of nitrogens with one attached hydrogen (secondary N) is 2. The van der Waals surface area contributed by atoms with Crippen molar-refractivity contribution in [3.05, 3.63) is 66.2 Å². The number of carbonyl (C=O) groups excluding carboxylic acids is 2. The molecular weight excluding hydrogens is 452 g/mol. The van der Waals surface area contributed by atoms with E-state index in [1.807, 2.05) is 42.5 Å². The molecule has 1 aliphatic heterocycles. The Morgan fingerprint density at radius 1 is 1.09 bits per heavy atom. The Kier molecular flexibility index (Phi) is 7.66. The van der Waals surface area contributed by atoms with Crippen molar-refractivity contribution < 1.29 is 19.1 Å². The Hall–Kier alpha value is -3.56. The van der Waals surface area contributed by atoms with E-state index >= 15 is 0 Å². The van der Waals surface area contributed by atoms with Gasteiger partial charge in [0.05, 0.1) is 7.11 Å². The van der Waals surface area contributed by atoms with Crippen molar-refractivity contribution in [1.29, 1.82) is 0 Å². The summed E-state index contributed by atoms with van der Waals surface area (Å²) in [6, 6.07) is 18.9. The van der Waals surface area contributed by atoms with Gasteiger partial charge in [-0.15, -0.1) is 11.3 Å². The minimum absolute atomic E-state index is 0.0340. The highest BCUT2D eigenvalue weighted by atomic mass is 32.1. The third-order valence-electron chi connectivity index (χ3n) is 5.67. The Morgan fingerprint density at radius 2 is 1.79 bits per heavy atom. The molecule has 1 aliphatic rings. The van der Waals surface area contributed by atoms with E-state index in [0.717, 1.165) is 48.7 Å². The molecule has 3 amide bonds. The van der Waals surface area contributed by atoms with Gasteiger partial charge in [0.25, 0.3) is 0 Å². The molecular formula is C25H28N4O4S. The second kappa shape index (κ2) is 11.0. The van der Waals surface area contributed by atoms with Crippen LogP contribution >= 0.6 is 11.3 Å². The SMILES string of the molecule is COc1ccc(-c2cc(OC(=O)NC3CCN(Cc4ccccc4)CC3)c(NC(N)=O)s2)cc1. The number of piperidine rings is 1. The molecule has 8 nitrogen and oxygen atoms in total. The zero-order valence-electron chi connectivity index (χ0n) is 19.0. The number of primary amides is 1. The Morgan fingerprint density at radius 3 is 2.44 bits per heavy atom. The Labute approximate surface area is 202 Å². The molecule has 4 rings (SSSR count). The lowest BCUT2D eigenvalue weighted by atomic mass is 10.0. The van der Waals surface area contributed by atoms with Gasteiger partial charge in [-0.05, 0) is 48.2 Å². The second-order valence-electron chi connectivity index (χ2n) is 8.09. The number of amides is 3. The van der Waals surface area contributed by atoms with Crippen LogP contribution in [0.3, 0.4) is 0 Å². The van der Waals surface area contributed by atoms with Crippen LogP contribution in [0.5, 0.6) is 11.5 Å². The Balaban J connectivity index is 1.35. The topological polar surface area (TPSA) is 106 Å². The molecule has 1 aromatic heterocycles. The molecule has 2 heterocycles. The lowest BCUT2D eigenvalue weighted by molar-refractivity contribution is 0.169. The molecule has 0 aliphatic carbocycles. The maximum Gasteiger partial charge on any atom is 0.412 e. The minimum Gasteiger partial charge on any atom is -0.497 e. The van der Waals surface area contributed by atoms with Crippen LogP contribution in [0.25, 0.3) is 10.4 Å². The van der Waals surface area contributed by atoms with E-state index in [1.165, 1.54) is 16.9 Å². The van der Waals surface area contributed by atoms with Crippen molar-refractivity contribution in [2.75, 3.05) is 25.5 Å². The largest absolute Gasteiger partial charge is 0.497 e. The molecule has 9 heteroatoms. The number of carbonyl (C=O) groups is 2. The predicted molar refractivity (Wildman–Crippen MR) is 133 cm³/mol. The van der Waals surface area contributed by atoms with Gasteiger partial charge in [0, 0.05) is 36.6 Å². The summed E-state index contributed by atoms with van der Waals surface area (Å²) < 4.78 is 10.8. The van der Waals surface area contributed by atoms with Crippen molar-refractivity contribution in [3.8, 4) is 21.9 Å². The minimum atomic E-state index is -0.723. The monoisotopic (exact) mass is 480 g/mol. The molecule has 1 fully saturated rings. The Bertz CT molecular complexity index is 1110. The number of nitrogens with two attached hydrogens (primary N) is 1. The summed E-state index contributed by atoms with van der Waals surface area (Å²) in [7, 11) is 1.60. The average Bonchev–Trinajstić information content (AvgIpc) is 3.22. The fraction of sp³-hybridized carbons (Fsp3) is 0.280. The summed E-state index contributed by atoms with van der Waals surface area (Å²) in [5, 5.41) is 5.88. The molecule has 0 radical (unpaired) electrons. The van der Waals surface area contributed by atoms with Crippen molar-refractivity contribution in [2.24, 2.45) is 5.73 Å². The predicted octanol–water partition coefficient (Wildman–Crippen LogP) is 4.67. The van der Waals surface area contributed by atoms with Crippen molar-refractivity contribution >= 4 is 28.5 Å². The van der Waals surface area contributed by atoms with E-state index < -0.39 is 12.1 Å². The van der Waals surface area contributed by atoms with Gasteiger partial charge in [0.2, 0.25) is 0 Å². The van der Waals surface area contributed by atoms with Crippen LogP contribution in [-0.2, 0) is 6.54 Å². The van der Waals surface area contributed by atoms with Gasteiger partial charge in [-0.2, -0.15) is 0 Å². The molecule has 0 bridgehead atoms. The fourth-order valence-electron chi connectivity index (χ4n) is 3.92. The number of nitrogens with zero attached hydrogens (tertiary/aromatic N) is 1. The van der Waals surface area contributed by atoms with Gasteiger partial charge < -0.3 is 20.5 Å². The smallest absolute Gasteiger partial charge is 0.412 e. The third kappa shape index (κ3) is 6.27. The number of urea groups is 1. The molecule has 34 heavy (non-hydrogen) atoms. The maximum absolute atomic E-state index is 12.6. The van der Waals surface area contributed by atoms with E-state index in [2.05, 4.69) is 27.7 Å². The molecule has 4 N–H and O–H groups in total. The summed E-state index contributed by atoms with van der Waals surface area (Å²) in [5.41, 5.74) is 7.49. The number of hydrogen-bond acceptors (Lipinski definition) is 6. The normalized spacial score (nSPS) is 14.4. The van der Waals surface area contributed by atoms with Gasteiger partial charge in [-0.3, -0.25) is 10.2 Å². The first-order valence-corrected chi connectivity index (χ1v) is 11.9.